The van der Waals surface area contributed by atoms with E-state index < -0.39 is 12.0 Å². The lowest BCUT2D eigenvalue weighted by atomic mass is 10.1. The highest BCUT2D eigenvalue weighted by atomic mass is 19.4. The van der Waals surface area contributed by atoms with Gasteiger partial charge >= 0.3 is 6.18 Å². The normalized spacial score (nSPS) is 15.2. The predicted octanol–water partition coefficient (Wildman–Crippen LogP) is 2.89. The summed E-state index contributed by atoms with van der Waals surface area (Å²) in [7, 11) is 0. The summed E-state index contributed by atoms with van der Waals surface area (Å²) in [5.41, 5.74) is 8.56. The van der Waals surface area contributed by atoms with Gasteiger partial charge in [-0.2, -0.15) is 13.2 Å². The molecule has 0 saturated heterocycles. The molecule has 2 aromatic heterocycles. The minimum atomic E-state index is -4.53. The van der Waals surface area contributed by atoms with Gasteiger partial charge in [0.25, 0.3) is 0 Å². The molecule has 7 heteroatoms. The largest absolute Gasteiger partial charge is 0.451 e. The molecule has 0 radical (unpaired) electrons. The Bertz CT molecular complexity index is 648. The third kappa shape index (κ3) is 3.02. The first-order valence-electron chi connectivity index (χ1n) is 6.58. The zero-order valence-corrected chi connectivity index (χ0v) is 11.1. The second-order valence-electron chi connectivity index (χ2n) is 5.04. The van der Waals surface area contributed by atoms with Crippen LogP contribution in [0.1, 0.15) is 36.0 Å². The van der Waals surface area contributed by atoms with Crippen LogP contribution >= 0.6 is 0 Å². The van der Waals surface area contributed by atoms with Crippen LogP contribution in [-0.2, 0) is 12.7 Å². The fraction of sp³-hybridized carbons (Fsp3) is 0.357. The molecule has 0 spiro atoms. The van der Waals surface area contributed by atoms with Gasteiger partial charge in [-0.3, -0.25) is 4.98 Å². The van der Waals surface area contributed by atoms with Crippen molar-refractivity contribution in [1.29, 1.82) is 0 Å². The number of halogens is 3. The van der Waals surface area contributed by atoms with Crippen molar-refractivity contribution in [2.24, 2.45) is 5.73 Å². The molecule has 0 unspecified atom stereocenters. The van der Waals surface area contributed by atoms with Crippen molar-refractivity contribution in [1.82, 2.24) is 15.0 Å². The summed E-state index contributed by atoms with van der Waals surface area (Å²) in [6, 6.07) is 3.64. The van der Waals surface area contributed by atoms with Crippen LogP contribution in [0.15, 0.2) is 24.5 Å². The van der Waals surface area contributed by atoms with Crippen molar-refractivity contribution in [3.63, 3.8) is 0 Å². The highest BCUT2D eigenvalue weighted by molar-refractivity contribution is 5.62. The molecule has 1 aliphatic rings. The monoisotopic (exact) mass is 294 g/mol. The maximum absolute atomic E-state index is 12.5. The van der Waals surface area contributed by atoms with Crippen LogP contribution in [0.5, 0.6) is 0 Å². The van der Waals surface area contributed by atoms with E-state index in [9.17, 15) is 13.2 Å². The van der Waals surface area contributed by atoms with E-state index in [2.05, 4.69) is 15.0 Å². The summed E-state index contributed by atoms with van der Waals surface area (Å²) in [5, 5.41) is 0. The van der Waals surface area contributed by atoms with Crippen LogP contribution in [0.4, 0.5) is 13.2 Å². The van der Waals surface area contributed by atoms with Crippen LogP contribution < -0.4 is 5.73 Å². The minimum Gasteiger partial charge on any atom is -0.325 e. The molecule has 2 aromatic rings. The van der Waals surface area contributed by atoms with Crippen molar-refractivity contribution in [3.05, 3.63) is 41.7 Å². The number of pyridine rings is 1. The van der Waals surface area contributed by atoms with Gasteiger partial charge in [-0.15, -0.1) is 0 Å². The van der Waals surface area contributed by atoms with Gasteiger partial charge in [0.15, 0.2) is 0 Å². The van der Waals surface area contributed by atoms with Gasteiger partial charge < -0.3 is 5.73 Å². The van der Waals surface area contributed by atoms with Gasteiger partial charge in [0.1, 0.15) is 0 Å². The van der Waals surface area contributed by atoms with E-state index in [1.54, 1.807) is 6.07 Å². The van der Waals surface area contributed by atoms with Crippen LogP contribution in [0, 0.1) is 0 Å². The molecule has 3 rings (SSSR count). The molecule has 0 atom stereocenters. The molecule has 2 N–H and O–H groups in total. The fourth-order valence-corrected chi connectivity index (χ4v) is 2.09. The third-order valence-corrected chi connectivity index (χ3v) is 3.34. The summed E-state index contributed by atoms with van der Waals surface area (Å²) >= 11 is 0. The van der Waals surface area contributed by atoms with Crippen LogP contribution in [0.3, 0.4) is 0 Å². The molecule has 1 aliphatic carbocycles. The number of aromatic nitrogens is 3. The quantitative estimate of drug-likeness (QED) is 0.945. The Kier molecular flexibility index (Phi) is 3.36. The van der Waals surface area contributed by atoms with Gasteiger partial charge in [-0.25, -0.2) is 9.97 Å². The molecule has 110 valence electrons. The summed E-state index contributed by atoms with van der Waals surface area (Å²) in [5.74, 6) is -0.701. The van der Waals surface area contributed by atoms with E-state index in [1.165, 1.54) is 12.4 Å². The smallest absolute Gasteiger partial charge is 0.325 e. The van der Waals surface area contributed by atoms with Crippen LogP contribution in [-0.4, -0.2) is 15.0 Å². The molecular weight excluding hydrogens is 281 g/mol. The average Bonchev–Trinajstić information content (AvgIpc) is 3.30. The number of rotatable bonds is 3. The Hall–Kier alpha value is -2.02. The summed E-state index contributed by atoms with van der Waals surface area (Å²) < 4.78 is 37.4. The Morgan fingerprint density at radius 1 is 1.10 bits per heavy atom. The van der Waals surface area contributed by atoms with Gasteiger partial charge in [-0.05, 0) is 30.5 Å². The lowest BCUT2D eigenvalue weighted by Crippen LogP contribution is -2.10. The van der Waals surface area contributed by atoms with E-state index in [-0.39, 0.29) is 6.54 Å². The first-order valence-corrected chi connectivity index (χ1v) is 6.58. The van der Waals surface area contributed by atoms with Gasteiger partial charge in [0.2, 0.25) is 5.82 Å². The predicted molar refractivity (Wildman–Crippen MR) is 70.1 cm³/mol. The van der Waals surface area contributed by atoms with Crippen molar-refractivity contribution in [2.45, 2.75) is 31.5 Å². The molecule has 4 nitrogen and oxygen atoms in total. The Balaban J connectivity index is 1.97. The minimum absolute atomic E-state index is 0.287. The van der Waals surface area contributed by atoms with Gasteiger partial charge in [0, 0.05) is 36.1 Å². The highest BCUT2D eigenvalue weighted by Gasteiger charge is 2.34. The number of nitrogens with zero attached hydrogens (tertiary/aromatic N) is 3. The molecule has 1 fully saturated rings. The number of nitrogens with two attached hydrogens (primary N) is 1. The topological polar surface area (TPSA) is 64.7 Å². The summed E-state index contributed by atoms with van der Waals surface area (Å²) in [4.78, 5) is 11.2. The van der Waals surface area contributed by atoms with Crippen LogP contribution in [0.2, 0.25) is 0 Å². The van der Waals surface area contributed by atoms with Gasteiger partial charge in [-0.1, -0.05) is 0 Å². The first kappa shape index (κ1) is 13.9. The molecule has 0 aliphatic heterocycles. The van der Waals surface area contributed by atoms with Crippen molar-refractivity contribution < 1.29 is 13.2 Å². The lowest BCUT2D eigenvalue weighted by Gasteiger charge is -2.09. The molecule has 21 heavy (non-hydrogen) atoms. The fourth-order valence-electron chi connectivity index (χ4n) is 2.09. The van der Waals surface area contributed by atoms with E-state index in [4.69, 9.17) is 5.73 Å². The Morgan fingerprint density at radius 3 is 2.29 bits per heavy atom. The molecule has 0 bridgehead atoms. The van der Waals surface area contributed by atoms with Crippen molar-refractivity contribution in [3.8, 4) is 11.1 Å². The third-order valence-electron chi connectivity index (χ3n) is 3.34. The van der Waals surface area contributed by atoms with E-state index in [1.807, 2.05) is 6.07 Å². The highest BCUT2D eigenvalue weighted by Crippen LogP contribution is 2.40. The summed E-state index contributed by atoms with van der Waals surface area (Å²) in [6.07, 6.45) is 0.0105. The zero-order valence-electron chi connectivity index (χ0n) is 11.1. The first-order chi connectivity index (χ1) is 9.97. The zero-order chi connectivity index (χ0) is 15.0. The Morgan fingerprint density at radius 2 is 1.76 bits per heavy atom. The number of alkyl halides is 3. The molecule has 1 saturated carbocycles. The maximum atomic E-state index is 12.5. The molecule has 2 heterocycles. The van der Waals surface area contributed by atoms with Crippen LogP contribution in [0.25, 0.3) is 11.1 Å². The summed E-state index contributed by atoms with van der Waals surface area (Å²) in [6.45, 7) is 0.287. The lowest BCUT2D eigenvalue weighted by molar-refractivity contribution is -0.144. The second kappa shape index (κ2) is 5.07. The maximum Gasteiger partial charge on any atom is 0.451 e. The second-order valence-corrected chi connectivity index (χ2v) is 5.04. The molecular formula is C14H13F3N4. The average molecular weight is 294 g/mol. The molecule has 0 amide bonds. The standard InChI is InChI=1S/C14H13F3N4/c15-14(16,17)13-19-6-10(7-20-13)9-3-11(5-18)21-12(4-9)8-1-2-8/h3-4,6-8H,1-2,5,18H2. The van der Waals surface area contributed by atoms with E-state index in [0.29, 0.717) is 17.2 Å². The van der Waals surface area contributed by atoms with Crippen molar-refractivity contribution >= 4 is 0 Å². The Labute approximate surface area is 119 Å². The molecule has 0 aromatic carbocycles. The SMILES string of the molecule is NCc1cc(-c2cnc(C(F)(F)F)nc2)cc(C2CC2)n1. The van der Waals surface area contributed by atoms with E-state index in [0.717, 1.165) is 24.1 Å². The number of hydrogen-bond donors (Lipinski definition) is 1. The number of hydrogen-bond acceptors (Lipinski definition) is 4. The van der Waals surface area contributed by atoms with Gasteiger partial charge in [0.05, 0.1) is 5.69 Å². The van der Waals surface area contributed by atoms with Crippen molar-refractivity contribution in [2.75, 3.05) is 0 Å². The van der Waals surface area contributed by atoms with E-state index >= 15 is 0 Å².